The maximum Gasteiger partial charge on any atom is 0.573 e. The van der Waals surface area contributed by atoms with Gasteiger partial charge in [-0.15, -0.1) is 13.2 Å². The molecule has 0 bridgehead atoms. The summed E-state index contributed by atoms with van der Waals surface area (Å²) in [4.78, 5) is 25.2. The van der Waals surface area contributed by atoms with E-state index in [0.29, 0.717) is 38.5 Å². The molecule has 210 valence electrons. The van der Waals surface area contributed by atoms with E-state index in [9.17, 15) is 27.9 Å². The number of aliphatic carboxylic acids is 1. The number of ether oxygens (including phenoxy) is 3. The van der Waals surface area contributed by atoms with Crippen molar-refractivity contribution in [1.29, 1.82) is 0 Å². The van der Waals surface area contributed by atoms with Crippen molar-refractivity contribution in [3.8, 4) is 11.5 Å². The molecule has 40 heavy (non-hydrogen) atoms. The van der Waals surface area contributed by atoms with Gasteiger partial charge in [-0.2, -0.15) is 0 Å². The zero-order valence-corrected chi connectivity index (χ0v) is 22.3. The lowest BCUT2D eigenvalue weighted by atomic mass is 10.00. The number of halogens is 4. The summed E-state index contributed by atoms with van der Waals surface area (Å²) < 4.78 is 56.0. The molecule has 1 N–H and O–H groups in total. The normalized spacial score (nSPS) is 12.3. The lowest BCUT2D eigenvalue weighted by Crippen LogP contribution is -2.25. The van der Waals surface area contributed by atoms with E-state index in [4.69, 9.17) is 21.1 Å². The van der Waals surface area contributed by atoms with Crippen LogP contribution in [0.2, 0.25) is 5.02 Å². The first kappa shape index (κ1) is 29.0. The number of carboxylic acid groups (broad SMARTS) is 1. The highest BCUT2D eigenvalue weighted by Crippen LogP contribution is 2.34. The Bertz CT molecular complexity index is 1530. The minimum atomic E-state index is -4.91. The molecule has 0 saturated carbocycles. The third-order valence-corrected chi connectivity index (χ3v) is 6.41. The molecule has 1 atom stereocenters. The average Bonchev–Trinajstić information content (AvgIpc) is 3.18. The summed E-state index contributed by atoms with van der Waals surface area (Å²) in [5.41, 5.74) is 2.01. The number of fused-ring (bicyclic) bond motifs is 1. The standard InChI is InChI=1S/C29H25ClF3NO6/c1-3-25(28(36)37)39-20-6-4-5-17(13-20)15-34-23-14-21(40-29(31,32)33)11-12-22(23)26(24(34)16-38-2)27(35)18-7-9-19(30)10-8-18/h4-14,25H,3,15-16H2,1-2H3,(H,36,37). The van der Waals surface area contributed by atoms with E-state index in [1.807, 2.05) is 0 Å². The van der Waals surface area contributed by atoms with Crippen LogP contribution in [0.3, 0.4) is 0 Å². The van der Waals surface area contributed by atoms with E-state index in [0.717, 1.165) is 6.07 Å². The zero-order chi connectivity index (χ0) is 29.0. The monoisotopic (exact) mass is 575 g/mol. The first-order valence-electron chi connectivity index (χ1n) is 12.2. The van der Waals surface area contributed by atoms with Crippen molar-refractivity contribution >= 4 is 34.3 Å². The number of nitrogens with zero attached hydrogens (tertiary/aromatic N) is 1. The van der Waals surface area contributed by atoms with Crippen LogP contribution in [0.1, 0.15) is 40.5 Å². The average molecular weight is 576 g/mol. The molecule has 0 fully saturated rings. The largest absolute Gasteiger partial charge is 0.573 e. The Morgan fingerprint density at radius 3 is 2.38 bits per heavy atom. The minimum absolute atomic E-state index is 0.0219. The topological polar surface area (TPSA) is 87.0 Å². The van der Waals surface area contributed by atoms with E-state index < -0.39 is 24.2 Å². The fourth-order valence-electron chi connectivity index (χ4n) is 4.42. The van der Waals surface area contributed by atoms with E-state index in [1.165, 1.54) is 19.2 Å². The highest BCUT2D eigenvalue weighted by molar-refractivity contribution is 6.30. The Morgan fingerprint density at radius 2 is 1.75 bits per heavy atom. The summed E-state index contributed by atoms with van der Waals surface area (Å²) >= 11 is 5.99. The Hall–Kier alpha value is -4.02. The van der Waals surface area contributed by atoms with Gasteiger partial charge in [0.15, 0.2) is 11.9 Å². The lowest BCUT2D eigenvalue weighted by molar-refractivity contribution is -0.274. The predicted molar refractivity (Wildman–Crippen MR) is 142 cm³/mol. The second kappa shape index (κ2) is 12.0. The van der Waals surface area contributed by atoms with Gasteiger partial charge < -0.3 is 23.9 Å². The van der Waals surface area contributed by atoms with Gasteiger partial charge in [-0.25, -0.2) is 4.79 Å². The molecule has 0 radical (unpaired) electrons. The van der Waals surface area contributed by atoms with Crippen LogP contribution in [0.4, 0.5) is 13.2 Å². The molecule has 11 heteroatoms. The minimum Gasteiger partial charge on any atom is -0.479 e. The molecule has 0 amide bonds. The first-order valence-corrected chi connectivity index (χ1v) is 12.6. The second-order valence-electron chi connectivity index (χ2n) is 8.90. The van der Waals surface area contributed by atoms with Crippen LogP contribution in [-0.2, 0) is 22.7 Å². The summed E-state index contributed by atoms with van der Waals surface area (Å²) in [5, 5.41) is 10.2. The molecule has 1 unspecified atom stereocenters. The molecular weight excluding hydrogens is 551 g/mol. The van der Waals surface area contributed by atoms with E-state index >= 15 is 0 Å². The van der Waals surface area contributed by atoms with Gasteiger partial charge in [0.25, 0.3) is 0 Å². The Balaban J connectivity index is 1.87. The van der Waals surface area contributed by atoms with Crippen LogP contribution >= 0.6 is 11.6 Å². The smallest absolute Gasteiger partial charge is 0.479 e. The van der Waals surface area contributed by atoms with Gasteiger partial charge in [0, 0.05) is 35.7 Å². The highest BCUT2D eigenvalue weighted by Gasteiger charge is 2.32. The third-order valence-electron chi connectivity index (χ3n) is 6.16. The van der Waals surface area contributed by atoms with Crippen molar-refractivity contribution < 1.29 is 42.1 Å². The van der Waals surface area contributed by atoms with E-state index in [1.54, 1.807) is 60.0 Å². The number of ketones is 1. The number of benzene rings is 3. The van der Waals surface area contributed by atoms with Gasteiger partial charge in [-0.3, -0.25) is 4.79 Å². The highest BCUT2D eigenvalue weighted by atomic mass is 35.5. The van der Waals surface area contributed by atoms with Crippen LogP contribution in [-0.4, -0.2) is 41.0 Å². The fourth-order valence-corrected chi connectivity index (χ4v) is 4.54. The summed E-state index contributed by atoms with van der Waals surface area (Å²) in [5.74, 6) is -1.59. The molecule has 4 aromatic rings. The molecule has 1 heterocycles. The van der Waals surface area contributed by atoms with Gasteiger partial charge in [0.05, 0.1) is 23.4 Å². The fraction of sp³-hybridized carbons (Fsp3) is 0.241. The van der Waals surface area contributed by atoms with Crippen molar-refractivity contribution in [2.75, 3.05) is 7.11 Å². The van der Waals surface area contributed by atoms with Gasteiger partial charge >= 0.3 is 12.3 Å². The van der Waals surface area contributed by atoms with E-state index in [-0.39, 0.29) is 30.9 Å². The number of alkyl halides is 3. The number of carbonyl (C=O) groups excluding carboxylic acids is 1. The van der Waals surface area contributed by atoms with Crippen LogP contribution in [0.25, 0.3) is 10.9 Å². The van der Waals surface area contributed by atoms with Crippen molar-refractivity contribution in [3.05, 3.63) is 94.1 Å². The Kier molecular flexibility index (Phi) is 8.70. The molecule has 0 aliphatic carbocycles. The van der Waals surface area contributed by atoms with Crippen molar-refractivity contribution in [2.45, 2.75) is 39.0 Å². The van der Waals surface area contributed by atoms with Crippen LogP contribution in [0.5, 0.6) is 11.5 Å². The first-order chi connectivity index (χ1) is 19.0. The quantitative estimate of drug-likeness (QED) is 0.197. The molecule has 0 aliphatic heterocycles. The van der Waals surface area contributed by atoms with Crippen LogP contribution < -0.4 is 9.47 Å². The Labute approximate surface area is 232 Å². The molecule has 0 spiro atoms. The summed E-state index contributed by atoms with van der Waals surface area (Å²) in [6.07, 6.45) is -5.70. The van der Waals surface area contributed by atoms with Crippen molar-refractivity contribution in [3.63, 3.8) is 0 Å². The number of aromatic nitrogens is 1. The van der Waals surface area contributed by atoms with Crippen LogP contribution in [0, 0.1) is 0 Å². The summed E-state index contributed by atoms with van der Waals surface area (Å²) in [6.45, 7) is 1.77. The number of hydrogen-bond donors (Lipinski definition) is 1. The molecule has 3 aromatic carbocycles. The molecular formula is C29H25ClF3NO6. The second-order valence-corrected chi connectivity index (χ2v) is 9.34. The van der Waals surface area contributed by atoms with Gasteiger partial charge in [0.1, 0.15) is 11.5 Å². The van der Waals surface area contributed by atoms with Crippen molar-refractivity contribution in [2.24, 2.45) is 0 Å². The zero-order valence-electron chi connectivity index (χ0n) is 21.5. The number of rotatable bonds is 11. The van der Waals surface area contributed by atoms with Crippen LogP contribution in [0.15, 0.2) is 66.7 Å². The number of carbonyl (C=O) groups is 2. The lowest BCUT2D eigenvalue weighted by Gasteiger charge is -2.16. The van der Waals surface area contributed by atoms with E-state index in [2.05, 4.69) is 4.74 Å². The number of methoxy groups -OCH3 is 1. The predicted octanol–water partition coefficient (Wildman–Crippen LogP) is 6.86. The van der Waals surface area contributed by atoms with Gasteiger partial charge in [-0.05, 0) is 60.5 Å². The molecule has 0 saturated heterocycles. The molecule has 1 aromatic heterocycles. The molecule has 4 rings (SSSR count). The van der Waals surface area contributed by atoms with Crippen molar-refractivity contribution in [1.82, 2.24) is 4.57 Å². The third kappa shape index (κ3) is 6.57. The SMILES string of the molecule is CCC(Oc1cccc(Cn2c(COC)c(C(=O)c3ccc(Cl)cc3)c3ccc(OC(F)(F)F)cc32)c1)C(=O)O. The number of hydrogen-bond acceptors (Lipinski definition) is 5. The van der Waals surface area contributed by atoms with Gasteiger partial charge in [-0.1, -0.05) is 30.7 Å². The van der Waals surface area contributed by atoms with Gasteiger partial charge in [0.2, 0.25) is 0 Å². The number of carboxylic acids is 1. The maximum absolute atomic E-state index is 13.7. The summed E-state index contributed by atoms with van der Waals surface area (Å²) in [6, 6.07) is 16.8. The summed E-state index contributed by atoms with van der Waals surface area (Å²) in [7, 11) is 1.45. The molecule has 7 nitrogen and oxygen atoms in total. The Morgan fingerprint density at radius 1 is 1.02 bits per heavy atom. The maximum atomic E-state index is 13.7. The molecule has 0 aliphatic rings.